The number of hydrogen-bond acceptors (Lipinski definition) is 4. The van der Waals surface area contributed by atoms with E-state index in [4.69, 9.17) is 16.3 Å². The molecule has 1 fully saturated rings. The first-order chi connectivity index (χ1) is 15.2. The highest BCUT2D eigenvalue weighted by molar-refractivity contribution is 7.89. The van der Waals surface area contributed by atoms with E-state index < -0.39 is 21.7 Å². The SMILES string of the molecule is CCC(CC)(CNC(=O)c1cc(S(=O)(=O)N2CCOCC2)ccc1F)c1ccc(Cl)cc1. The van der Waals surface area contributed by atoms with Crippen LogP contribution in [0.3, 0.4) is 0 Å². The standard InChI is InChI=1S/C23H28ClFN2O4S/c1-3-23(4-2,17-5-7-18(24)8-6-17)16-26-22(28)20-15-19(9-10-21(20)25)32(29,30)27-11-13-31-14-12-27/h5-10,15H,3-4,11-14,16H2,1-2H3,(H,26,28). The highest BCUT2D eigenvalue weighted by atomic mass is 35.5. The molecule has 0 atom stereocenters. The molecule has 1 N–H and O–H groups in total. The van der Waals surface area contributed by atoms with Crippen LogP contribution >= 0.6 is 11.6 Å². The predicted octanol–water partition coefficient (Wildman–Crippen LogP) is 3.99. The number of ether oxygens (including phenoxy) is 1. The summed E-state index contributed by atoms with van der Waals surface area (Å²) < 4.78 is 46.8. The van der Waals surface area contributed by atoms with E-state index in [1.54, 1.807) is 12.1 Å². The van der Waals surface area contributed by atoms with Gasteiger partial charge < -0.3 is 10.1 Å². The maximum absolute atomic E-state index is 14.5. The zero-order chi connectivity index (χ0) is 23.4. The van der Waals surface area contributed by atoms with E-state index in [0.717, 1.165) is 30.5 Å². The maximum atomic E-state index is 14.5. The molecular weight excluding hydrogens is 455 g/mol. The quantitative estimate of drug-likeness (QED) is 0.617. The Kier molecular flexibility index (Phi) is 7.92. The number of morpholine rings is 1. The second-order valence-electron chi connectivity index (χ2n) is 7.84. The first-order valence-corrected chi connectivity index (χ1v) is 12.5. The molecule has 174 valence electrons. The lowest BCUT2D eigenvalue weighted by atomic mass is 9.75. The van der Waals surface area contributed by atoms with E-state index in [1.807, 2.05) is 26.0 Å². The van der Waals surface area contributed by atoms with Gasteiger partial charge in [0.2, 0.25) is 10.0 Å². The number of rotatable bonds is 8. The molecule has 1 aliphatic heterocycles. The molecule has 0 radical (unpaired) electrons. The minimum atomic E-state index is -3.84. The van der Waals surface area contributed by atoms with Gasteiger partial charge in [-0.15, -0.1) is 0 Å². The van der Waals surface area contributed by atoms with Crippen LogP contribution in [-0.2, 0) is 20.2 Å². The molecule has 1 amide bonds. The molecule has 2 aromatic rings. The molecule has 6 nitrogen and oxygen atoms in total. The summed E-state index contributed by atoms with van der Waals surface area (Å²) in [5.41, 5.74) is 0.377. The van der Waals surface area contributed by atoms with Crippen molar-refractivity contribution in [3.8, 4) is 0 Å². The summed E-state index contributed by atoms with van der Waals surface area (Å²) in [6.45, 7) is 5.37. The van der Waals surface area contributed by atoms with Crippen molar-refractivity contribution in [3.63, 3.8) is 0 Å². The monoisotopic (exact) mass is 482 g/mol. The normalized spacial score (nSPS) is 15.5. The molecule has 1 saturated heterocycles. The highest BCUT2D eigenvalue weighted by Gasteiger charge is 2.31. The fourth-order valence-corrected chi connectivity index (χ4v) is 5.49. The van der Waals surface area contributed by atoms with Crippen LogP contribution in [0.1, 0.15) is 42.6 Å². The van der Waals surface area contributed by atoms with Gasteiger partial charge in [-0.3, -0.25) is 4.79 Å². The fourth-order valence-electron chi connectivity index (χ4n) is 3.93. The molecule has 0 aliphatic carbocycles. The zero-order valence-corrected chi connectivity index (χ0v) is 19.8. The molecule has 0 unspecified atom stereocenters. The molecule has 0 bridgehead atoms. The second kappa shape index (κ2) is 10.3. The zero-order valence-electron chi connectivity index (χ0n) is 18.2. The summed E-state index contributed by atoms with van der Waals surface area (Å²) in [4.78, 5) is 12.8. The summed E-state index contributed by atoms with van der Waals surface area (Å²) in [5, 5.41) is 3.44. The lowest BCUT2D eigenvalue weighted by Crippen LogP contribution is -2.41. The van der Waals surface area contributed by atoms with E-state index in [0.29, 0.717) is 18.2 Å². The first kappa shape index (κ1) is 24.6. The van der Waals surface area contributed by atoms with Crippen LogP contribution in [0.25, 0.3) is 0 Å². The number of halogens is 2. The number of sulfonamides is 1. The van der Waals surface area contributed by atoms with Gasteiger partial charge in [-0.1, -0.05) is 37.6 Å². The van der Waals surface area contributed by atoms with E-state index in [1.165, 1.54) is 10.4 Å². The number of hydrogen-bond donors (Lipinski definition) is 1. The van der Waals surface area contributed by atoms with Crippen molar-refractivity contribution in [1.82, 2.24) is 9.62 Å². The average Bonchev–Trinajstić information content (AvgIpc) is 2.81. The van der Waals surface area contributed by atoms with Gasteiger partial charge in [0.1, 0.15) is 5.82 Å². The number of benzene rings is 2. The van der Waals surface area contributed by atoms with Crippen molar-refractivity contribution in [2.45, 2.75) is 37.0 Å². The largest absolute Gasteiger partial charge is 0.379 e. The Labute approximate surface area is 193 Å². The van der Waals surface area contributed by atoms with Gasteiger partial charge in [-0.2, -0.15) is 4.31 Å². The Morgan fingerprint density at radius 2 is 1.75 bits per heavy atom. The van der Waals surface area contributed by atoms with E-state index in [2.05, 4.69) is 5.32 Å². The molecule has 0 aromatic heterocycles. The number of nitrogens with zero attached hydrogens (tertiary/aromatic N) is 1. The molecule has 0 saturated carbocycles. The summed E-state index contributed by atoms with van der Waals surface area (Å²) in [6.07, 6.45) is 1.50. The third-order valence-electron chi connectivity index (χ3n) is 6.19. The van der Waals surface area contributed by atoms with Gasteiger partial charge in [0.25, 0.3) is 5.91 Å². The van der Waals surface area contributed by atoms with E-state index >= 15 is 0 Å². The van der Waals surface area contributed by atoms with Gasteiger partial charge in [-0.25, -0.2) is 12.8 Å². The average molecular weight is 483 g/mol. The predicted molar refractivity (Wildman–Crippen MR) is 122 cm³/mol. The van der Waals surface area contributed by atoms with Gasteiger partial charge in [-0.05, 0) is 48.7 Å². The lowest BCUT2D eigenvalue weighted by molar-refractivity contribution is 0.0730. The van der Waals surface area contributed by atoms with Crippen molar-refractivity contribution in [1.29, 1.82) is 0 Å². The molecular formula is C23H28ClFN2O4S. The second-order valence-corrected chi connectivity index (χ2v) is 10.2. The summed E-state index contributed by atoms with van der Waals surface area (Å²) in [7, 11) is -3.84. The number of nitrogens with one attached hydrogen (secondary N) is 1. The summed E-state index contributed by atoms with van der Waals surface area (Å²) in [5.74, 6) is -1.42. The molecule has 32 heavy (non-hydrogen) atoms. The molecule has 9 heteroatoms. The summed E-state index contributed by atoms with van der Waals surface area (Å²) >= 11 is 6.01. The number of carbonyl (C=O) groups excluding carboxylic acids is 1. The Morgan fingerprint density at radius 1 is 1.12 bits per heavy atom. The van der Waals surface area contributed by atoms with E-state index in [-0.39, 0.29) is 35.5 Å². The van der Waals surface area contributed by atoms with Gasteiger partial charge in [0, 0.05) is 30.1 Å². The van der Waals surface area contributed by atoms with Crippen LogP contribution < -0.4 is 5.32 Å². The molecule has 3 rings (SSSR count). The van der Waals surface area contributed by atoms with Crippen molar-refractivity contribution in [2.75, 3.05) is 32.8 Å². The molecule has 1 heterocycles. The third-order valence-corrected chi connectivity index (χ3v) is 8.33. The van der Waals surface area contributed by atoms with Crippen molar-refractivity contribution in [3.05, 3.63) is 64.4 Å². The van der Waals surface area contributed by atoms with Crippen molar-refractivity contribution < 1.29 is 22.3 Å². The molecule has 0 spiro atoms. The minimum absolute atomic E-state index is 0.110. The van der Waals surface area contributed by atoms with Crippen LogP contribution in [0.4, 0.5) is 4.39 Å². The maximum Gasteiger partial charge on any atom is 0.254 e. The van der Waals surface area contributed by atoms with Crippen LogP contribution in [-0.4, -0.2) is 51.5 Å². The Balaban J connectivity index is 1.82. The Hall–Kier alpha value is -2.00. The molecule has 1 aliphatic rings. The van der Waals surface area contributed by atoms with Gasteiger partial charge in [0.05, 0.1) is 23.7 Å². The third kappa shape index (κ3) is 5.14. The van der Waals surface area contributed by atoms with Gasteiger partial charge in [0.15, 0.2) is 0 Å². The smallest absolute Gasteiger partial charge is 0.254 e. The summed E-state index contributed by atoms with van der Waals surface area (Å²) in [6, 6.07) is 10.8. The minimum Gasteiger partial charge on any atom is -0.379 e. The number of amides is 1. The highest BCUT2D eigenvalue weighted by Crippen LogP contribution is 2.32. The van der Waals surface area contributed by atoms with E-state index in [9.17, 15) is 17.6 Å². The molecule has 2 aromatic carbocycles. The van der Waals surface area contributed by atoms with Crippen LogP contribution in [0.2, 0.25) is 5.02 Å². The number of carbonyl (C=O) groups is 1. The van der Waals surface area contributed by atoms with Crippen molar-refractivity contribution >= 4 is 27.5 Å². The van der Waals surface area contributed by atoms with Crippen molar-refractivity contribution in [2.24, 2.45) is 0 Å². The Morgan fingerprint density at radius 3 is 2.34 bits per heavy atom. The van der Waals surface area contributed by atoms with Gasteiger partial charge >= 0.3 is 0 Å². The van der Waals surface area contributed by atoms with Crippen LogP contribution in [0.15, 0.2) is 47.4 Å². The van der Waals surface area contributed by atoms with Crippen LogP contribution in [0.5, 0.6) is 0 Å². The fraction of sp³-hybridized carbons (Fsp3) is 0.435. The van der Waals surface area contributed by atoms with Crippen LogP contribution in [0, 0.1) is 5.82 Å². The topological polar surface area (TPSA) is 75.7 Å². The first-order valence-electron chi connectivity index (χ1n) is 10.6. The lowest BCUT2D eigenvalue weighted by Gasteiger charge is -2.33. The Bertz CT molecular complexity index is 1050.